The van der Waals surface area contributed by atoms with Gasteiger partial charge >= 0.3 is 12.1 Å². The minimum absolute atomic E-state index is 0.110. The van der Waals surface area contributed by atoms with Crippen molar-refractivity contribution in [2.45, 2.75) is 39.5 Å². The molecule has 1 aromatic heterocycles. The van der Waals surface area contributed by atoms with Crippen LogP contribution < -0.4 is 0 Å². The van der Waals surface area contributed by atoms with E-state index in [4.69, 9.17) is 20.8 Å². The van der Waals surface area contributed by atoms with Crippen LogP contribution in [0.1, 0.15) is 37.6 Å². The number of ether oxygens (including phenoxy) is 1. The number of nitrogens with zero attached hydrogens (tertiary/aromatic N) is 2. The van der Waals surface area contributed by atoms with E-state index in [1.54, 1.807) is 17.0 Å². The Morgan fingerprint density at radius 1 is 1.37 bits per heavy atom. The third-order valence-electron chi connectivity index (χ3n) is 5.65. The quantitative estimate of drug-likeness (QED) is 0.672. The second kappa shape index (κ2) is 9.98. The molecule has 7 nitrogen and oxygen atoms in total. The van der Waals surface area contributed by atoms with Gasteiger partial charge in [0.05, 0.1) is 18.2 Å². The number of carbonyl (C=O) groups is 2. The topological polar surface area (TPSA) is 92.9 Å². The molecule has 2 aromatic rings. The Kier molecular flexibility index (Phi) is 7.37. The average molecular weight is 435 g/mol. The number of aliphatic carboxylic acids is 1. The smallest absolute Gasteiger partial charge is 0.409 e. The zero-order valence-electron chi connectivity index (χ0n) is 17.3. The maximum atomic E-state index is 12.3. The molecule has 1 amide bonds. The van der Waals surface area contributed by atoms with Crippen molar-refractivity contribution in [3.63, 3.8) is 0 Å². The number of likely N-dealkylation sites (tertiary alicyclic amines) is 1. The summed E-state index contributed by atoms with van der Waals surface area (Å²) in [5.41, 5.74) is 1.53. The van der Waals surface area contributed by atoms with Crippen LogP contribution in [0.3, 0.4) is 0 Å². The molecule has 8 heteroatoms. The SMILES string of the molecule is CCC(C(=O)O)C1CCN(C(=O)OCCc2nc(-c3cccc(Cl)c3)oc2C)CC1. The van der Waals surface area contributed by atoms with Gasteiger partial charge in [-0.15, -0.1) is 0 Å². The molecule has 1 aliphatic heterocycles. The fourth-order valence-corrected chi connectivity index (χ4v) is 4.12. The number of halogens is 1. The van der Waals surface area contributed by atoms with Gasteiger partial charge in [-0.3, -0.25) is 4.79 Å². The van der Waals surface area contributed by atoms with Crippen molar-refractivity contribution in [3.05, 3.63) is 40.7 Å². The molecule has 162 valence electrons. The number of hydrogen-bond donors (Lipinski definition) is 1. The van der Waals surface area contributed by atoms with E-state index >= 15 is 0 Å². The predicted octanol–water partition coefficient (Wildman–Crippen LogP) is 4.81. The highest BCUT2D eigenvalue weighted by atomic mass is 35.5. The van der Waals surface area contributed by atoms with Gasteiger partial charge in [-0.05, 0) is 50.3 Å². The van der Waals surface area contributed by atoms with Crippen molar-refractivity contribution in [3.8, 4) is 11.5 Å². The number of benzene rings is 1. The molecule has 0 radical (unpaired) electrons. The summed E-state index contributed by atoms with van der Waals surface area (Å²) >= 11 is 6.02. The van der Waals surface area contributed by atoms with Crippen LogP contribution in [-0.2, 0) is 16.0 Å². The van der Waals surface area contributed by atoms with Crippen molar-refractivity contribution in [2.24, 2.45) is 11.8 Å². The molecule has 0 spiro atoms. The predicted molar refractivity (Wildman–Crippen MR) is 112 cm³/mol. The van der Waals surface area contributed by atoms with E-state index in [1.807, 2.05) is 26.0 Å². The summed E-state index contributed by atoms with van der Waals surface area (Å²) in [6.07, 6.45) is 2.07. The summed E-state index contributed by atoms with van der Waals surface area (Å²) in [5.74, 6) is 0.188. The lowest BCUT2D eigenvalue weighted by atomic mass is 9.83. The van der Waals surface area contributed by atoms with E-state index in [0.717, 1.165) is 11.3 Å². The molecule has 1 N–H and O–H groups in total. The van der Waals surface area contributed by atoms with Gasteiger partial charge in [-0.2, -0.15) is 0 Å². The van der Waals surface area contributed by atoms with Crippen molar-refractivity contribution < 1.29 is 23.8 Å². The highest BCUT2D eigenvalue weighted by molar-refractivity contribution is 6.30. The Hall–Kier alpha value is -2.54. The van der Waals surface area contributed by atoms with Crippen molar-refractivity contribution in [1.29, 1.82) is 0 Å². The number of hydrogen-bond acceptors (Lipinski definition) is 5. The van der Waals surface area contributed by atoms with Crippen LogP contribution in [0.5, 0.6) is 0 Å². The van der Waals surface area contributed by atoms with E-state index in [2.05, 4.69) is 4.98 Å². The van der Waals surface area contributed by atoms with E-state index in [-0.39, 0.29) is 24.5 Å². The number of carboxylic acid groups (broad SMARTS) is 1. The van der Waals surface area contributed by atoms with Gasteiger partial charge in [0.15, 0.2) is 0 Å². The first-order valence-electron chi connectivity index (χ1n) is 10.3. The first-order valence-corrected chi connectivity index (χ1v) is 10.6. The van der Waals surface area contributed by atoms with E-state index in [1.165, 1.54) is 0 Å². The van der Waals surface area contributed by atoms with Crippen LogP contribution in [-0.4, -0.2) is 46.7 Å². The zero-order valence-corrected chi connectivity index (χ0v) is 18.0. The number of aromatic nitrogens is 1. The van der Waals surface area contributed by atoms with E-state index in [0.29, 0.717) is 55.4 Å². The third kappa shape index (κ3) is 5.33. The number of rotatable bonds is 7. The molecule has 30 heavy (non-hydrogen) atoms. The van der Waals surface area contributed by atoms with E-state index < -0.39 is 5.97 Å². The monoisotopic (exact) mass is 434 g/mol. The Labute approximate surface area is 181 Å². The molecule has 1 saturated heterocycles. The maximum Gasteiger partial charge on any atom is 0.409 e. The molecule has 1 unspecified atom stereocenters. The second-order valence-corrected chi connectivity index (χ2v) is 8.01. The molecule has 0 bridgehead atoms. The summed E-state index contributed by atoms with van der Waals surface area (Å²) in [4.78, 5) is 29.8. The maximum absolute atomic E-state index is 12.3. The molecule has 2 heterocycles. The van der Waals surface area contributed by atoms with Crippen LogP contribution in [0, 0.1) is 18.8 Å². The Morgan fingerprint density at radius 3 is 2.73 bits per heavy atom. The highest BCUT2D eigenvalue weighted by Gasteiger charge is 2.31. The summed E-state index contributed by atoms with van der Waals surface area (Å²) in [6, 6.07) is 7.28. The summed E-state index contributed by atoms with van der Waals surface area (Å²) in [6.45, 7) is 4.97. The Morgan fingerprint density at radius 2 is 2.10 bits per heavy atom. The van der Waals surface area contributed by atoms with Crippen LogP contribution >= 0.6 is 11.6 Å². The molecule has 1 atom stereocenters. The summed E-state index contributed by atoms with van der Waals surface area (Å²) < 4.78 is 11.1. The molecule has 1 fully saturated rings. The Balaban J connectivity index is 1.48. The Bertz CT molecular complexity index is 889. The molecule has 0 aliphatic carbocycles. The van der Waals surface area contributed by atoms with Crippen LogP contribution in [0.15, 0.2) is 28.7 Å². The summed E-state index contributed by atoms with van der Waals surface area (Å²) in [5, 5.41) is 9.92. The van der Waals surface area contributed by atoms with Gasteiger partial charge in [0.25, 0.3) is 0 Å². The zero-order chi connectivity index (χ0) is 21.7. The minimum atomic E-state index is -0.751. The van der Waals surface area contributed by atoms with Gasteiger partial charge in [-0.1, -0.05) is 24.6 Å². The molecule has 0 saturated carbocycles. The lowest BCUT2D eigenvalue weighted by Crippen LogP contribution is -2.41. The minimum Gasteiger partial charge on any atom is -0.481 e. The van der Waals surface area contributed by atoms with Gasteiger partial charge in [0.2, 0.25) is 5.89 Å². The largest absolute Gasteiger partial charge is 0.481 e. The lowest BCUT2D eigenvalue weighted by molar-refractivity contribution is -0.144. The normalized spacial score (nSPS) is 15.8. The number of carboxylic acids is 1. The third-order valence-corrected chi connectivity index (χ3v) is 5.89. The van der Waals surface area contributed by atoms with Gasteiger partial charge in [0.1, 0.15) is 5.76 Å². The fourth-order valence-electron chi connectivity index (χ4n) is 3.93. The number of piperidine rings is 1. The first kappa shape index (κ1) is 22.2. The van der Waals surface area contributed by atoms with Gasteiger partial charge in [0, 0.05) is 30.1 Å². The van der Waals surface area contributed by atoms with E-state index in [9.17, 15) is 14.7 Å². The van der Waals surface area contributed by atoms with Crippen molar-refractivity contribution in [2.75, 3.05) is 19.7 Å². The molecule has 3 rings (SSSR count). The average Bonchev–Trinajstić information content (AvgIpc) is 3.09. The number of oxazole rings is 1. The summed E-state index contributed by atoms with van der Waals surface area (Å²) in [7, 11) is 0. The van der Waals surface area contributed by atoms with Crippen molar-refractivity contribution in [1.82, 2.24) is 9.88 Å². The van der Waals surface area contributed by atoms with Gasteiger partial charge in [-0.25, -0.2) is 9.78 Å². The highest BCUT2D eigenvalue weighted by Crippen LogP contribution is 2.28. The molecular formula is C22H27ClN2O5. The number of amides is 1. The number of aryl methyl sites for hydroxylation is 1. The van der Waals surface area contributed by atoms with Crippen molar-refractivity contribution >= 4 is 23.7 Å². The van der Waals surface area contributed by atoms with Gasteiger partial charge < -0.3 is 19.2 Å². The van der Waals surface area contributed by atoms with Crippen LogP contribution in [0.4, 0.5) is 4.79 Å². The lowest BCUT2D eigenvalue weighted by Gasteiger charge is -2.33. The first-order chi connectivity index (χ1) is 14.4. The number of carbonyl (C=O) groups excluding carboxylic acids is 1. The standard InChI is InChI=1S/C22H27ClN2O5/c1-3-18(21(26)27)15-7-10-25(11-8-15)22(28)29-12-9-19-14(2)30-20(24-19)16-5-4-6-17(23)13-16/h4-6,13,15,18H,3,7-12H2,1-2H3,(H,26,27). The molecular weight excluding hydrogens is 408 g/mol. The molecule has 1 aliphatic rings. The molecule has 1 aromatic carbocycles. The van der Waals surface area contributed by atoms with Crippen LogP contribution in [0.2, 0.25) is 5.02 Å². The van der Waals surface area contributed by atoms with Crippen LogP contribution in [0.25, 0.3) is 11.5 Å². The fraction of sp³-hybridized carbons (Fsp3) is 0.500. The second-order valence-electron chi connectivity index (χ2n) is 7.57.